The second-order valence-electron chi connectivity index (χ2n) is 22.3. The van der Waals surface area contributed by atoms with E-state index in [0.717, 1.165) is 66.9 Å². The molecule has 8 atom stereocenters. The van der Waals surface area contributed by atoms with Crippen molar-refractivity contribution in [2.24, 2.45) is 11.3 Å². The molecule has 4 aromatic heterocycles. The maximum atomic E-state index is 17.0. The lowest BCUT2D eigenvalue weighted by Crippen LogP contribution is -2.57. The van der Waals surface area contributed by atoms with Crippen molar-refractivity contribution >= 4 is 62.9 Å². The number of β-amino-alcohol motifs (C(OH)–C–C–N with tert-alkyl or cyclic N) is 1. The Morgan fingerprint density at radius 2 is 1.79 bits per heavy atom. The number of nitrogens with zero attached hydrogens (tertiary/aromatic N) is 7. The van der Waals surface area contributed by atoms with Crippen molar-refractivity contribution in [2.45, 2.75) is 122 Å². The molecule has 2 amide bonds. The number of aromatic amines is 1. The number of likely N-dealkylation sites (tertiary alicyclic amines) is 2. The highest BCUT2D eigenvalue weighted by molar-refractivity contribution is 7.71. The predicted octanol–water partition coefficient (Wildman–Crippen LogP) is 8.24. The van der Waals surface area contributed by atoms with Gasteiger partial charge in [0.1, 0.15) is 40.1 Å². The van der Waals surface area contributed by atoms with Crippen LogP contribution in [0.1, 0.15) is 90.4 Å². The Morgan fingerprint density at radius 1 is 1.01 bits per heavy atom. The van der Waals surface area contributed by atoms with E-state index in [1.54, 1.807) is 35.7 Å². The maximum Gasteiger partial charge on any atom is 0.319 e. The number of fused-ring (bicyclic) bond motifs is 4. The molecule has 404 valence electrons. The van der Waals surface area contributed by atoms with E-state index in [1.165, 1.54) is 11.0 Å². The summed E-state index contributed by atoms with van der Waals surface area (Å²) in [5.41, 5.74) is 4.42. The van der Waals surface area contributed by atoms with Crippen LogP contribution in [0.4, 0.5) is 14.6 Å². The molecule has 20 heteroatoms. The molecule has 10 rings (SSSR count). The number of H-pyrrole nitrogens is 1. The van der Waals surface area contributed by atoms with Crippen molar-refractivity contribution in [1.29, 1.82) is 0 Å². The number of rotatable bonds is 19. The van der Waals surface area contributed by atoms with Gasteiger partial charge in [0.25, 0.3) is 0 Å². The van der Waals surface area contributed by atoms with Crippen LogP contribution in [0.25, 0.3) is 43.5 Å². The summed E-state index contributed by atoms with van der Waals surface area (Å²) in [5.74, 6) is -0.838. The first-order valence-corrected chi connectivity index (χ1v) is 28.0. The number of anilines is 1. The molecular weight excluding hydrogens is 1010 g/mol. The van der Waals surface area contributed by atoms with Gasteiger partial charge in [-0.3, -0.25) is 24.8 Å². The number of hydrogen-bond donors (Lipinski definition) is 5. The molecule has 8 heterocycles. The summed E-state index contributed by atoms with van der Waals surface area (Å²) in [7, 11) is 0. The minimum absolute atomic E-state index is 0.0479. The standard InChI is InChI=1S/C56H69F2N11O5S2/c1-31-24-67(19-8-7-9-20-73-29-60-51(56(4,5)6)54(72)69-27-39(70)22-42(69)53(71)62-32(2)34-13-15-35(16-14-34)50-33(3)61-30-76-50)43(31)28-74-55-65-47-40(52(66-55)68-25-37-17-18-38(26-68)63-37)23-59-49(46(47)58)48-45-36(21-44(75)64-48)11-10-12-41(45)57/h10-16,21,23,30-32,37-39,42-43,51,60,63,70H,7-9,17-20,22,24-29H2,1-6H3,(H,62,71)(H,64,75)/t31-,32+,37?,38?,39-,42+,43-,51-/m1/s1. The Hall–Kier alpha value is -5.61. The molecule has 4 aliphatic rings. The van der Waals surface area contributed by atoms with Gasteiger partial charge in [0.05, 0.1) is 52.1 Å². The van der Waals surface area contributed by atoms with Crippen molar-refractivity contribution in [3.05, 3.63) is 87.8 Å². The van der Waals surface area contributed by atoms with E-state index in [1.807, 2.05) is 64.4 Å². The fourth-order valence-corrected chi connectivity index (χ4v) is 12.6. The molecule has 16 nitrogen and oxygen atoms in total. The zero-order chi connectivity index (χ0) is 53.4. The minimum Gasteiger partial charge on any atom is -0.462 e. The third kappa shape index (κ3) is 11.5. The molecule has 6 aromatic rings. The first kappa shape index (κ1) is 53.8. The Labute approximate surface area is 451 Å². The summed E-state index contributed by atoms with van der Waals surface area (Å²) < 4.78 is 45.1. The highest BCUT2D eigenvalue weighted by Gasteiger charge is 2.44. The Kier molecular flexibility index (Phi) is 16.1. The van der Waals surface area contributed by atoms with Gasteiger partial charge in [-0.25, -0.2) is 13.8 Å². The molecule has 0 radical (unpaired) electrons. The molecule has 0 aliphatic carbocycles. The van der Waals surface area contributed by atoms with Crippen molar-refractivity contribution in [3.8, 4) is 27.8 Å². The van der Waals surface area contributed by atoms with Gasteiger partial charge in [0.15, 0.2) is 5.82 Å². The van der Waals surface area contributed by atoms with E-state index in [2.05, 4.69) is 52.6 Å². The highest BCUT2D eigenvalue weighted by Crippen LogP contribution is 2.37. The number of hydrogen-bond acceptors (Lipinski definition) is 15. The average molecular weight is 1080 g/mol. The van der Waals surface area contributed by atoms with E-state index in [9.17, 15) is 14.7 Å². The molecule has 2 aromatic carbocycles. The van der Waals surface area contributed by atoms with Crippen LogP contribution in [0.3, 0.4) is 0 Å². The zero-order valence-corrected chi connectivity index (χ0v) is 45.7. The van der Waals surface area contributed by atoms with Gasteiger partial charge in [0.2, 0.25) is 11.8 Å². The van der Waals surface area contributed by atoms with Crippen LogP contribution in [-0.4, -0.2) is 141 Å². The summed E-state index contributed by atoms with van der Waals surface area (Å²) >= 11 is 7.06. The molecule has 5 N–H and O–H groups in total. The van der Waals surface area contributed by atoms with Crippen molar-refractivity contribution in [2.75, 3.05) is 57.6 Å². The van der Waals surface area contributed by atoms with Crippen molar-refractivity contribution < 1.29 is 33.0 Å². The van der Waals surface area contributed by atoms with Gasteiger partial charge in [-0.15, -0.1) is 11.3 Å². The Bertz CT molecular complexity index is 3120. The SMILES string of the molecule is Cc1ncsc1-c1ccc([C@H](C)NC(=O)[C@@H]2C[C@@H](O)CN2C(=O)[C@@H](NCOCCCCCN2C[C@@H](C)[C@H]2COc2nc(N3CC4CCC(C3)N4)c3cnc(-c4[nH]c(=S)cc5cccc(F)c45)c(F)c3n2)C(C)(C)C)cc1. The smallest absolute Gasteiger partial charge is 0.319 e. The minimum atomic E-state index is -0.809. The van der Waals surface area contributed by atoms with Crippen LogP contribution in [0.2, 0.25) is 0 Å². The number of amides is 2. The molecule has 4 saturated heterocycles. The monoisotopic (exact) mass is 1080 g/mol. The topological polar surface area (TPSA) is 186 Å². The maximum absolute atomic E-state index is 17.0. The Balaban J connectivity index is 0.714. The van der Waals surface area contributed by atoms with Gasteiger partial charge < -0.3 is 40.0 Å². The number of aliphatic hydroxyl groups is 1. The van der Waals surface area contributed by atoms with Crippen molar-refractivity contribution in [1.82, 2.24) is 50.7 Å². The number of pyridine rings is 2. The number of carbonyl (C=O) groups is 2. The van der Waals surface area contributed by atoms with E-state index >= 15 is 8.78 Å². The quantitative estimate of drug-likeness (QED) is 0.0297. The number of thiazole rings is 1. The number of nitrogens with one attached hydrogen (secondary N) is 4. The van der Waals surface area contributed by atoms with E-state index in [-0.39, 0.29) is 71.9 Å². The zero-order valence-electron chi connectivity index (χ0n) is 44.1. The third-order valence-electron chi connectivity index (χ3n) is 15.6. The van der Waals surface area contributed by atoms with Crippen LogP contribution in [0, 0.1) is 34.5 Å². The number of aromatic nitrogens is 5. The lowest BCUT2D eigenvalue weighted by atomic mass is 9.85. The number of carbonyl (C=O) groups excluding carboxylic acids is 2. The predicted molar refractivity (Wildman–Crippen MR) is 294 cm³/mol. The second kappa shape index (κ2) is 22.8. The largest absolute Gasteiger partial charge is 0.462 e. The number of ether oxygens (including phenoxy) is 2. The van der Waals surface area contributed by atoms with Crippen molar-refractivity contribution in [3.63, 3.8) is 0 Å². The molecule has 0 saturated carbocycles. The van der Waals surface area contributed by atoms with Crippen LogP contribution >= 0.6 is 23.6 Å². The van der Waals surface area contributed by atoms with Gasteiger partial charge in [0, 0.05) is 68.9 Å². The first-order valence-electron chi connectivity index (χ1n) is 26.7. The van der Waals surface area contributed by atoms with E-state index in [4.69, 9.17) is 26.7 Å². The van der Waals surface area contributed by atoms with Crippen LogP contribution < -0.4 is 25.6 Å². The normalized spacial score (nSPS) is 22.5. The summed E-state index contributed by atoms with van der Waals surface area (Å²) in [4.78, 5) is 56.6. The van der Waals surface area contributed by atoms with Gasteiger partial charge in [-0.2, -0.15) is 9.97 Å². The summed E-state index contributed by atoms with van der Waals surface area (Å²) in [6.45, 7) is 16.3. The molecule has 76 heavy (non-hydrogen) atoms. The number of aliphatic hydroxyl groups excluding tert-OH is 1. The highest BCUT2D eigenvalue weighted by atomic mass is 32.1. The van der Waals surface area contributed by atoms with Gasteiger partial charge in [-0.1, -0.05) is 76.3 Å². The van der Waals surface area contributed by atoms with Gasteiger partial charge >= 0.3 is 6.01 Å². The number of halogens is 2. The lowest BCUT2D eigenvalue weighted by molar-refractivity contribution is -0.143. The second-order valence-corrected chi connectivity index (χ2v) is 23.5. The molecule has 4 fully saturated rings. The molecular formula is C56H69F2N11O5S2. The lowest BCUT2D eigenvalue weighted by Gasteiger charge is -2.46. The average Bonchev–Trinajstić information content (AvgIpc) is 4.12. The first-order chi connectivity index (χ1) is 36.5. The van der Waals surface area contributed by atoms with Crippen LogP contribution in [-0.2, 0) is 14.3 Å². The third-order valence-corrected chi connectivity index (χ3v) is 16.8. The van der Waals surface area contributed by atoms with Crippen LogP contribution in [0.15, 0.2) is 60.2 Å². The molecule has 2 bridgehead atoms. The fourth-order valence-electron chi connectivity index (χ4n) is 11.5. The number of piperazine rings is 1. The van der Waals surface area contributed by atoms with Crippen LogP contribution in [0.5, 0.6) is 6.01 Å². The number of benzene rings is 2. The summed E-state index contributed by atoms with van der Waals surface area (Å²) in [6.07, 6.45) is 5.74. The van der Waals surface area contributed by atoms with Gasteiger partial charge in [-0.05, 0) is 92.5 Å². The van der Waals surface area contributed by atoms with E-state index < -0.39 is 35.2 Å². The Morgan fingerprint density at radius 3 is 2.51 bits per heavy atom. The fraction of sp³-hybridized carbons (Fsp3) is 0.518. The molecule has 0 spiro atoms. The summed E-state index contributed by atoms with van der Waals surface area (Å²) in [6, 6.07) is 13.4. The number of unbranched alkanes of at least 4 members (excludes halogenated alkanes) is 2. The van der Waals surface area contributed by atoms with E-state index in [0.29, 0.717) is 65.5 Å². The summed E-state index contributed by atoms with van der Waals surface area (Å²) in [5, 5.41) is 22.0. The number of aryl methyl sites for hydroxylation is 1. The molecule has 2 unspecified atom stereocenters. The molecule has 4 aliphatic heterocycles.